The molecule has 3 aromatic rings. The number of rotatable bonds is 5. The Kier molecular flexibility index (Phi) is 5.91. The number of aryl methyl sites for hydroxylation is 1. The number of benzene rings is 2. The summed E-state index contributed by atoms with van der Waals surface area (Å²) < 4.78 is 7.70. The van der Waals surface area contributed by atoms with Crippen LogP contribution in [0.2, 0.25) is 0 Å². The average Bonchev–Trinajstić information content (AvgIpc) is 3.09. The van der Waals surface area contributed by atoms with Crippen LogP contribution >= 0.6 is 0 Å². The number of amides is 1. The van der Waals surface area contributed by atoms with E-state index in [2.05, 4.69) is 59.0 Å². The number of aromatic nitrogens is 1. The Balaban J connectivity index is 1.60. The smallest absolute Gasteiger partial charge is 0.257 e. The predicted octanol–water partition coefficient (Wildman–Crippen LogP) is 4.80. The second-order valence-electron chi connectivity index (χ2n) is 7.81. The second kappa shape index (κ2) is 8.76. The van der Waals surface area contributed by atoms with Crippen molar-refractivity contribution in [1.29, 1.82) is 0 Å². The van der Waals surface area contributed by atoms with E-state index in [-0.39, 0.29) is 11.9 Å². The van der Waals surface area contributed by atoms with Gasteiger partial charge in [0, 0.05) is 24.5 Å². The van der Waals surface area contributed by atoms with Crippen molar-refractivity contribution in [3.63, 3.8) is 0 Å². The summed E-state index contributed by atoms with van der Waals surface area (Å²) in [4.78, 5) is 15.5. The molecule has 1 amide bonds. The van der Waals surface area contributed by atoms with Crippen molar-refractivity contribution in [2.24, 2.45) is 0 Å². The number of nitrogens with zero attached hydrogens (tertiary/aromatic N) is 2. The van der Waals surface area contributed by atoms with Crippen LogP contribution in [0.5, 0.6) is 0 Å². The first-order valence-corrected chi connectivity index (χ1v) is 10.5. The molecule has 4 rings (SSSR count). The lowest BCUT2D eigenvalue weighted by molar-refractivity contribution is 0.102. The van der Waals surface area contributed by atoms with Crippen molar-refractivity contribution in [3.05, 3.63) is 83.2 Å². The molecule has 1 saturated heterocycles. The fourth-order valence-corrected chi connectivity index (χ4v) is 4.33. The Bertz CT molecular complexity index is 1020. The Morgan fingerprint density at radius 2 is 1.67 bits per heavy atom. The third-order valence-corrected chi connectivity index (χ3v) is 5.90. The van der Waals surface area contributed by atoms with Gasteiger partial charge in [0.2, 0.25) is 0 Å². The predicted molar refractivity (Wildman–Crippen MR) is 122 cm³/mol. The molecule has 0 saturated carbocycles. The quantitative estimate of drug-likeness (QED) is 0.665. The van der Waals surface area contributed by atoms with Gasteiger partial charge in [-0.05, 0) is 44.5 Å². The summed E-state index contributed by atoms with van der Waals surface area (Å²) in [5.41, 5.74) is 5.88. The van der Waals surface area contributed by atoms with Crippen molar-refractivity contribution in [2.45, 2.75) is 26.8 Å². The van der Waals surface area contributed by atoms with Crippen LogP contribution in [0.1, 0.15) is 40.3 Å². The van der Waals surface area contributed by atoms with Crippen LogP contribution in [0.4, 0.5) is 11.4 Å². The lowest BCUT2D eigenvalue weighted by Gasteiger charge is -2.30. The van der Waals surface area contributed by atoms with Crippen molar-refractivity contribution in [2.75, 3.05) is 36.5 Å². The fraction of sp³-hybridized carbons (Fsp3) is 0.320. The molecule has 1 fully saturated rings. The highest BCUT2D eigenvalue weighted by molar-refractivity contribution is 6.07. The fourth-order valence-electron chi connectivity index (χ4n) is 4.33. The number of morpholine rings is 1. The molecular formula is C25H29N3O2. The molecule has 1 unspecified atom stereocenters. The van der Waals surface area contributed by atoms with E-state index in [1.54, 1.807) is 0 Å². The third kappa shape index (κ3) is 3.98. The highest BCUT2D eigenvalue weighted by atomic mass is 16.5. The maximum Gasteiger partial charge on any atom is 0.257 e. The molecule has 0 bridgehead atoms. The van der Waals surface area contributed by atoms with Crippen LogP contribution in [0.15, 0.2) is 60.7 Å². The van der Waals surface area contributed by atoms with Gasteiger partial charge in [-0.1, -0.05) is 42.5 Å². The highest BCUT2D eigenvalue weighted by Gasteiger charge is 2.21. The minimum Gasteiger partial charge on any atom is -0.378 e. The van der Waals surface area contributed by atoms with Gasteiger partial charge in [0.05, 0.1) is 36.2 Å². The summed E-state index contributed by atoms with van der Waals surface area (Å²) in [5.74, 6) is -0.0738. The first kappa shape index (κ1) is 20.2. The van der Waals surface area contributed by atoms with Gasteiger partial charge in [0.1, 0.15) is 0 Å². The molecule has 1 aromatic heterocycles. The normalized spacial score (nSPS) is 15.1. The summed E-state index contributed by atoms with van der Waals surface area (Å²) in [6, 6.07) is 20.5. The number of carbonyl (C=O) groups excluding carboxylic acids is 1. The Morgan fingerprint density at radius 1 is 1.00 bits per heavy atom. The van der Waals surface area contributed by atoms with E-state index in [0.29, 0.717) is 18.8 Å². The second-order valence-corrected chi connectivity index (χ2v) is 7.81. The summed E-state index contributed by atoms with van der Waals surface area (Å²) in [6.07, 6.45) is 0. The molecule has 2 heterocycles. The van der Waals surface area contributed by atoms with Gasteiger partial charge in [-0.25, -0.2) is 0 Å². The molecule has 1 N–H and O–H groups in total. The first-order valence-electron chi connectivity index (χ1n) is 10.5. The number of carbonyl (C=O) groups is 1. The number of ether oxygens (including phenoxy) is 1. The third-order valence-electron chi connectivity index (χ3n) is 5.90. The molecule has 5 nitrogen and oxygen atoms in total. The summed E-state index contributed by atoms with van der Waals surface area (Å²) in [7, 11) is 0. The van der Waals surface area contributed by atoms with E-state index in [1.807, 2.05) is 37.3 Å². The Hall–Kier alpha value is -3.05. The molecule has 0 spiro atoms. The summed E-state index contributed by atoms with van der Waals surface area (Å²) in [5, 5.41) is 3.15. The standard InChI is InChI=1S/C25H29N3O2/c1-18-17-22(20(3)28(18)19(2)21-9-5-4-6-10-21)25(29)26-23-11-7-8-12-24(23)27-13-15-30-16-14-27/h4-12,17,19H,13-16H2,1-3H3,(H,26,29). The molecule has 1 atom stereocenters. The van der Waals surface area contributed by atoms with Gasteiger partial charge in [-0.3, -0.25) is 4.79 Å². The van der Waals surface area contributed by atoms with Crippen molar-refractivity contribution in [3.8, 4) is 0 Å². The van der Waals surface area contributed by atoms with E-state index in [1.165, 1.54) is 5.56 Å². The van der Waals surface area contributed by atoms with Crippen LogP contribution in [0.25, 0.3) is 0 Å². The van der Waals surface area contributed by atoms with Gasteiger partial charge in [-0.15, -0.1) is 0 Å². The molecule has 2 aromatic carbocycles. The van der Waals surface area contributed by atoms with Crippen molar-refractivity contribution in [1.82, 2.24) is 4.57 Å². The number of nitrogens with one attached hydrogen (secondary N) is 1. The first-order chi connectivity index (χ1) is 14.6. The van der Waals surface area contributed by atoms with E-state index in [9.17, 15) is 4.79 Å². The highest BCUT2D eigenvalue weighted by Crippen LogP contribution is 2.29. The monoisotopic (exact) mass is 403 g/mol. The van der Waals surface area contributed by atoms with Gasteiger partial charge < -0.3 is 19.5 Å². The maximum absolute atomic E-state index is 13.2. The molecule has 1 aliphatic rings. The number of anilines is 2. The Labute approximate surface area is 178 Å². The zero-order valence-electron chi connectivity index (χ0n) is 17.9. The molecule has 5 heteroatoms. The molecular weight excluding hydrogens is 374 g/mol. The number of para-hydroxylation sites is 2. The molecule has 30 heavy (non-hydrogen) atoms. The maximum atomic E-state index is 13.2. The zero-order valence-corrected chi connectivity index (χ0v) is 17.9. The van der Waals surface area contributed by atoms with Gasteiger partial charge in [0.15, 0.2) is 0 Å². The topological polar surface area (TPSA) is 46.5 Å². The minimum atomic E-state index is -0.0738. The Morgan fingerprint density at radius 3 is 2.40 bits per heavy atom. The summed E-state index contributed by atoms with van der Waals surface area (Å²) >= 11 is 0. The lowest BCUT2D eigenvalue weighted by atomic mass is 10.1. The van der Waals surface area contributed by atoms with Crippen LogP contribution in [0, 0.1) is 13.8 Å². The van der Waals surface area contributed by atoms with Crippen LogP contribution < -0.4 is 10.2 Å². The SMILES string of the molecule is Cc1cc(C(=O)Nc2ccccc2N2CCOCC2)c(C)n1C(C)c1ccccc1. The van der Waals surface area contributed by atoms with Crippen LogP contribution in [-0.4, -0.2) is 36.8 Å². The van der Waals surface area contributed by atoms with Gasteiger partial charge in [-0.2, -0.15) is 0 Å². The lowest BCUT2D eigenvalue weighted by Crippen LogP contribution is -2.36. The van der Waals surface area contributed by atoms with Crippen LogP contribution in [0.3, 0.4) is 0 Å². The number of hydrogen-bond donors (Lipinski definition) is 1. The summed E-state index contributed by atoms with van der Waals surface area (Å²) in [6.45, 7) is 9.33. The van der Waals surface area contributed by atoms with Crippen LogP contribution in [-0.2, 0) is 4.74 Å². The number of hydrogen-bond acceptors (Lipinski definition) is 3. The minimum absolute atomic E-state index is 0.0738. The molecule has 0 radical (unpaired) electrons. The van der Waals surface area contributed by atoms with E-state index in [0.717, 1.165) is 35.9 Å². The largest absolute Gasteiger partial charge is 0.378 e. The van der Waals surface area contributed by atoms with Crippen molar-refractivity contribution < 1.29 is 9.53 Å². The average molecular weight is 404 g/mol. The van der Waals surface area contributed by atoms with Gasteiger partial charge in [0.25, 0.3) is 5.91 Å². The molecule has 156 valence electrons. The van der Waals surface area contributed by atoms with Gasteiger partial charge >= 0.3 is 0 Å². The molecule has 0 aliphatic carbocycles. The van der Waals surface area contributed by atoms with E-state index >= 15 is 0 Å². The molecule has 1 aliphatic heterocycles. The van der Waals surface area contributed by atoms with E-state index in [4.69, 9.17) is 4.74 Å². The zero-order chi connectivity index (χ0) is 21.1. The van der Waals surface area contributed by atoms with Crippen molar-refractivity contribution >= 4 is 17.3 Å². The van der Waals surface area contributed by atoms with E-state index < -0.39 is 0 Å².